The van der Waals surface area contributed by atoms with Gasteiger partial charge in [0.15, 0.2) is 16.6 Å². The Balaban J connectivity index is 1.47. The van der Waals surface area contributed by atoms with Gasteiger partial charge in [-0.3, -0.25) is 9.20 Å². The Hall–Kier alpha value is -3.07. The van der Waals surface area contributed by atoms with Crippen LogP contribution in [0.2, 0.25) is 0 Å². The van der Waals surface area contributed by atoms with Gasteiger partial charge in [-0.25, -0.2) is 9.37 Å². The van der Waals surface area contributed by atoms with Gasteiger partial charge in [0.2, 0.25) is 0 Å². The number of hydrogen-bond acceptors (Lipinski definition) is 5. The molecular formula is C18H15FN6OS. The maximum absolute atomic E-state index is 13.1. The zero-order valence-corrected chi connectivity index (χ0v) is 15.2. The van der Waals surface area contributed by atoms with Crippen LogP contribution in [0.5, 0.6) is 0 Å². The van der Waals surface area contributed by atoms with E-state index in [1.165, 1.54) is 24.3 Å². The monoisotopic (exact) mass is 382 g/mol. The number of amides is 1. The van der Waals surface area contributed by atoms with E-state index in [1.54, 1.807) is 16.2 Å². The van der Waals surface area contributed by atoms with Crippen molar-refractivity contribution in [1.82, 2.24) is 29.0 Å². The zero-order chi connectivity index (χ0) is 18.5. The van der Waals surface area contributed by atoms with Crippen LogP contribution in [0, 0.1) is 5.82 Å². The number of carbonyl (C=O) groups excluding carboxylic acids is 1. The number of fused-ring (bicyclic) bond motifs is 2. The van der Waals surface area contributed by atoms with Crippen LogP contribution >= 0.6 is 11.3 Å². The van der Waals surface area contributed by atoms with Gasteiger partial charge in [-0.05, 0) is 31.2 Å². The second-order valence-electron chi connectivity index (χ2n) is 6.43. The smallest absolute Gasteiger partial charge is 0.254 e. The molecule has 0 bridgehead atoms. The Morgan fingerprint density at radius 2 is 2.04 bits per heavy atom. The van der Waals surface area contributed by atoms with Gasteiger partial charge in [-0.2, -0.15) is 0 Å². The topological polar surface area (TPSA) is 68.3 Å². The molecule has 4 heterocycles. The van der Waals surface area contributed by atoms with E-state index in [4.69, 9.17) is 0 Å². The lowest BCUT2D eigenvalue weighted by atomic mass is 10.1. The SMILES string of the molecule is C[C@@H]1c2nnc(-c3cn4ccsc4n3)n2CCN1C(=O)c1ccc(F)cc1. The molecule has 1 aliphatic heterocycles. The maximum Gasteiger partial charge on any atom is 0.254 e. The third-order valence-electron chi connectivity index (χ3n) is 4.86. The van der Waals surface area contributed by atoms with E-state index in [2.05, 4.69) is 15.2 Å². The third kappa shape index (κ3) is 2.54. The van der Waals surface area contributed by atoms with Crippen molar-refractivity contribution in [2.24, 2.45) is 0 Å². The highest BCUT2D eigenvalue weighted by Gasteiger charge is 2.32. The van der Waals surface area contributed by atoms with Gasteiger partial charge in [-0.1, -0.05) is 0 Å². The molecule has 1 atom stereocenters. The molecule has 27 heavy (non-hydrogen) atoms. The predicted octanol–water partition coefficient (Wildman–Crippen LogP) is 3.01. The summed E-state index contributed by atoms with van der Waals surface area (Å²) in [6.45, 7) is 3.04. The summed E-state index contributed by atoms with van der Waals surface area (Å²) >= 11 is 1.56. The van der Waals surface area contributed by atoms with Gasteiger partial charge >= 0.3 is 0 Å². The lowest BCUT2D eigenvalue weighted by Gasteiger charge is -2.33. The minimum Gasteiger partial charge on any atom is -0.327 e. The van der Waals surface area contributed by atoms with Crippen molar-refractivity contribution in [3.8, 4) is 11.5 Å². The molecule has 4 aromatic rings. The molecule has 0 aliphatic carbocycles. The van der Waals surface area contributed by atoms with E-state index < -0.39 is 0 Å². The molecule has 0 radical (unpaired) electrons. The highest BCUT2D eigenvalue weighted by molar-refractivity contribution is 7.15. The van der Waals surface area contributed by atoms with Gasteiger partial charge in [0.05, 0.1) is 6.04 Å². The quantitative estimate of drug-likeness (QED) is 0.534. The number of aromatic nitrogens is 5. The standard InChI is InChI=1S/C18H15FN6OS/c1-11-15-21-22-16(14-10-23-8-9-27-18(23)20-14)25(15)7-6-24(11)17(26)12-2-4-13(19)5-3-12/h2-5,8-11H,6-7H2,1H3/t11-/m1/s1. The number of rotatable bonds is 2. The molecule has 7 nitrogen and oxygen atoms in total. The van der Waals surface area contributed by atoms with Crippen molar-refractivity contribution >= 4 is 22.2 Å². The number of hydrogen-bond donors (Lipinski definition) is 0. The molecule has 9 heteroatoms. The summed E-state index contributed by atoms with van der Waals surface area (Å²) in [5.74, 6) is 0.938. The fourth-order valence-electron chi connectivity index (χ4n) is 3.45. The first-order chi connectivity index (χ1) is 13.1. The molecule has 0 unspecified atom stereocenters. The molecule has 5 rings (SSSR count). The molecule has 1 aromatic carbocycles. The van der Waals surface area contributed by atoms with Crippen LogP contribution in [-0.4, -0.2) is 41.5 Å². The summed E-state index contributed by atoms with van der Waals surface area (Å²) in [6.07, 6.45) is 3.89. The number of imidazole rings is 1. The molecule has 0 spiro atoms. The Morgan fingerprint density at radius 1 is 1.22 bits per heavy atom. The third-order valence-corrected chi connectivity index (χ3v) is 5.63. The zero-order valence-electron chi connectivity index (χ0n) is 14.4. The second-order valence-corrected chi connectivity index (χ2v) is 7.31. The van der Waals surface area contributed by atoms with E-state index >= 15 is 0 Å². The second kappa shape index (κ2) is 5.98. The summed E-state index contributed by atoms with van der Waals surface area (Å²) in [6, 6.07) is 5.38. The number of thiazole rings is 1. The molecule has 1 amide bonds. The minimum absolute atomic E-state index is 0.138. The van der Waals surface area contributed by atoms with Crippen molar-refractivity contribution in [2.45, 2.75) is 19.5 Å². The van der Waals surface area contributed by atoms with Crippen molar-refractivity contribution in [2.75, 3.05) is 6.54 Å². The molecule has 136 valence electrons. The maximum atomic E-state index is 13.1. The van der Waals surface area contributed by atoms with Crippen LogP contribution < -0.4 is 0 Å². The first kappa shape index (κ1) is 16.1. The normalized spacial score (nSPS) is 16.7. The van der Waals surface area contributed by atoms with Gasteiger partial charge in [0.1, 0.15) is 11.5 Å². The fraction of sp³-hybridized carbons (Fsp3) is 0.222. The van der Waals surface area contributed by atoms with E-state index in [9.17, 15) is 9.18 Å². The Kier molecular flexibility index (Phi) is 3.57. The van der Waals surface area contributed by atoms with Crippen molar-refractivity contribution in [1.29, 1.82) is 0 Å². The van der Waals surface area contributed by atoms with Crippen LogP contribution in [0.15, 0.2) is 42.0 Å². The van der Waals surface area contributed by atoms with Gasteiger partial charge in [-0.15, -0.1) is 21.5 Å². The average molecular weight is 382 g/mol. The summed E-state index contributed by atoms with van der Waals surface area (Å²) < 4.78 is 17.1. The first-order valence-electron chi connectivity index (χ1n) is 8.54. The Labute approximate surface area is 157 Å². The molecule has 3 aromatic heterocycles. The number of nitrogens with zero attached hydrogens (tertiary/aromatic N) is 6. The lowest BCUT2D eigenvalue weighted by Crippen LogP contribution is -2.41. The molecule has 0 saturated carbocycles. The van der Waals surface area contributed by atoms with Crippen LogP contribution in [-0.2, 0) is 6.54 Å². The Morgan fingerprint density at radius 3 is 2.81 bits per heavy atom. The van der Waals surface area contributed by atoms with Crippen molar-refractivity contribution in [3.63, 3.8) is 0 Å². The molecular weight excluding hydrogens is 367 g/mol. The van der Waals surface area contributed by atoms with Crippen molar-refractivity contribution in [3.05, 3.63) is 59.2 Å². The molecule has 0 saturated heterocycles. The van der Waals surface area contributed by atoms with Crippen LogP contribution in [0.3, 0.4) is 0 Å². The Bertz CT molecular complexity index is 1120. The van der Waals surface area contributed by atoms with Gasteiger partial charge < -0.3 is 9.47 Å². The van der Waals surface area contributed by atoms with E-state index in [1.807, 2.05) is 33.7 Å². The van der Waals surface area contributed by atoms with Gasteiger partial charge in [0, 0.05) is 36.4 Å². The number of carbonyl (C=O) groups is 1. The van der Waals surface area contributed by atoms with E-state index in [-0.39, 0.29) is 17.8 Å². The van der Waals surface area contributed by atoms with E-state index in [0.717, 1.165) is 16.5 Å². The summed E-state index contributed by atoms with van der Waals surface area (Å²) in [5, 5.41) is 10.6. The fourth-order valence-corrected chi connectivity index (χ4v) is 4.15. The molecule has 0 N–H and O–H groups in total. The predicted molar refractivity (Wildman–Crippen MR) is 97.9 cm³/mol. The highest BCUT2D eigenvalue weighted by atomic mass is 32.1. The van der Waals surface area contributed by atoms with Gasteiger partial charge in [0.25, 0.3) is 5.91 Å². The van der Waals surface area contributed by atoms with Crippen LogP contribution in [0.4, 0.5) is 4.39 Å². The van der Waals surface area contributed by atoms with Crippen LogP contribution in [0.1, 0.15) is 29.1 Å². The number of halogens is 1. The van der Waals surface area contributed by atoms with Crippen LogP contribution in [0.25, 0.3) is 16.5 Å². The molecule has 1 aliphatic rings. The first-order valence-corrected chi connectivity index (χ1v) is 9.42. The number of benzene rings is 1. The van der Waals surface area contributed by atoms with E-state index in [0.29, 0.717) is 24.5 Å². The summed E-state index contributed by atoms with van der Waals surface area (Å²) in [4.78, 5) is 20.1. The average Bonchev–Trinajstić information content (AvgIpc) is 3.36. The summed E-state index contributed by atoms with van der Waals surface area (Å²) in [5.41, 5.74) is 1.23. The highest BCUT2D eigenvalue weighted by Crippen LogP contribution is 2.29. The van der Waals surface area contributed by atoms with Crippen molar-refractivity contribution < 1.29 is 9.18 Å². The lowest BCUT2D eigenvalue weighted by molar-refractivity contribution is 0.0638. The summed E-state index contributed by atoms with van der Waals surface area (Å²) in [7, 11) is 0. The largest absolute Gasteiger partial charge is 0.327 e. The molecule has 0 fully saturated rings. The minimum atomic E-state index is -0.359.